The van der Waals surface area contributed by atoms with Crippen molar-refractivity contribution in [2.24, 2.45) is 0 Å². The molecule has 0 saturated carbocycles. The number of nitrogens with one attached hydrogen (secondary N) is 2. The fourth-order valence-electron chi connectivity index (χ4n) is 2.97. The van der Waals surface area contributed by atoms with Gasteiger partial charge in [0.05, 0.1) is 28.4 Å². The predicted molar refractivity (Wildman–Crippen MR) is 111 cm³/mol. The van der Waals surface area contributed by atoms with Gasteiger partial charge in [-0.05, 0) is 36.4 Å². The number of thiophene rings is 1. The van der Waals surface area contributed by atoms with Crippen LogP contribution in [0.25, 0.3) is 9.88 Å². The molecule has 4 rings (SSSR count). The number of amides is 2. The van der Waals surface area contributed by atoms with E-state index in [1.165, 1.54) is 11.3 Å². The molecule has 1 aliphatic rings. The van der Waals surface area contributed by atoms with Crippen LogP contribution in [-0.4, -0.2) is 36.1 Å². The number of carbonyl (C=O) groups is 2. The molecular weight excluding hydrogens is 394 g/mol. The summed E-state index contributed by atoms with van der Waals surface area (Å²) in [6.07, 6.45) is 3.61. The summed E-state index contributed by atoms with van der Waals surface area (Å²) >= 11 is 2.91. The highest BCUT2D eigenvalue weighted by Crippen LogP contribution is 2.29. The summed E-state index contributed by atoms with van der Waals surface area (Å²) < 4.78 is 5.54. The molecular formula is C20H19N3O3S2. The van der Waals surface area contributed by atoms with Crippen molar-refractivity contribution < 1.29 is 14.3 Å². The number of ether oxygens (including phenoxy) is 1. The van der Waals surface area contributed by atoms with E-state index in [1.54, 1.807) is 41.8 Å². The van der Waals surface area contributed by atoms with Crippen molar-refractivity contribution in [1.29, 1.82) is 0 Å². The molecule has 2 amide bonds. The summed E-state index contributed by atoms with van der Waals surface area (Å²) in [6.45, 7) is 1.22. The smallest absolute Gasteiger partial charge is 0.267 e. The second kappa shape index (κ2) is 8.64. The maximum absolute atomic E-state index is 12.6. The first-order valence-corrected chi connectivity index (χ1v) is 10.7. The van der Waals surface area contributed by atoms with E-state index in [0.717, 1.165) is 29.3 Å². The van der Waals surface area contributed by atoms with Crippen molar-refractivity contribution >= 4 is 40.2 Å². The molecule has 1 aliphatic heterocycles. The van der Waals surface area contributed by atoms with Crippen LogP contribution in [0.5, 0.6) is 0 Å². The Morgan fingerprint density at radius 2 is 2.07 bits per heavy atom. The van der Waals surface area contributed by atoms with E-state index >= 15 is 0 Å². The molecule has 0 bridgehead atoms. The second-order valence-electron chi connectivity index (χ2n) is 6.35. The molecule has 0 aliphatic carbocycles. The first kappa shape index (κ1) is 18.8. The van der Waals surface area contributed by atoms with Gasteiger partial charge in [0.25, 0.3) is 11.8 Å². The lowest BCUT2D eigenvalue weighted by Crippen LogP contribution is -2.32. The number of rotatable bonds is 6. The van der Waals surface area contributed by atoms with E-state index in [4.69, 9.17) is 4.74 Å². The van der Waals surface area contributed by atoms with Crippen LogP contribution in [0.1, 0.15) is 32.9 Å². The van der Waals surface area contributed by atoms with Crippen LogP contribution in [0.15, 0.2) is 48.0 Å². The first-order chi connectivity index (χ1) is 13.7. The van der Waals surface area contributed by atoms with E-state index in [0.29, 0.717) is 22.7 Å². The SMILES string of the molecule is O=C(Nc1ccccc1C(=O)NCC1CCCO1)c1cnc(-c2cccs2)s1. The molecule has 3 aromatic rings. The van der Waals surface area contributed by atoms with Gasteiger partial charge in [0, 0.05) is 13.2 Å². The highest BCUT2D eigenvalue weighted by molar-refractivity contribution is 7.22. The van der Waals surface area contributed by atoms with Crippen LogP contribution >= 0.6 is 22.7 Å². The summed E-state index contributed by atoms with van der Waals surface area (Å²) in [7, 11) is 0. The zero-order valence-electron chi connectivity index (χ0n) is 15.0. The Morgan fingerprint density at radius 3 is 2.86 bits per heavy atom. The van der Waals surface area contributed by atoms with Crippen molar-refractivity contribution in [3.8, 4) is 9.88 Å². The molecule has 6 nitrogen and oxygen atoms in total. The normalized spacial score (nSPS) is 16.1. The molecule has 2 aromatic heterocycles. The number of hydrogen-bond acceptors (Lipinski definition) is 6. The van der Waals surface area contributed by atoms with Crippen molar-refractivity contribution in [3.05, 3.63) is 58.4 Å². The van der Waals surface area contributed by atoms with Gasteiger partial charge >= 0.3 is 0 Å². The van der Waals surface area contributed by atoms with E-state index in [1.807, 2.05) is 17.5 Å². The van der Waals surface area contributed by atoms with Crippen LogP contribution in [0.3, 0.4) is 0 Å². The zero-order valence-corrected chi connectivity index (χ0v) is 16.6. The summed E-state index contributed by atoms with van der Waals surface area (Å²) in [4.78, 5) is 31.1. The van der Waals surface area contributed by atoms with Crippen LogP contribution < -0.4 is 10.6 Å². The number of aromatic nitrogens is 1. The Hall–Kier alpha value is -2.55. The number of anilines is 1. The molecule has 0 spiro atoms. The average molecular weight is 414 g/mol. The number of thiazole rings is 1. The third-order valence-electron chi connectivity index (χ3n) is 4.40. The Bertz CT molecular complexity index is 963. The van der Waals surface area contributed by atoms with Crippen LogP contribution in [0.2, 0.25) is 0 Å². The topological polar surface area (TPSA) is 80.3 Å². The minimum atomic E-state index is -0.278. The number of hydrogen-bond donors (Lipinski definition) is 2. The molecule has 1 aromatic carbocycles. The molecule has 1 saturated heterocycles. The Kier molecular flexibility index (Phi) is 5.80. The molecule has 1 fully saturated rings. The van der Waals surface area contributed by atoms with Gasteiger partial charge in [-0.15, -0.1) is 22.7 Å². The molecule has 2 N–H and O–H groups in total. The van der Waals surface area contributed by atoms with Gasteiger partial charge < -0.3 is 15.4 Å². The lowest BCUT2D eigenvalue weighted by atomic mass is 10.1. The highest BCUT2D eigenvalue weighted by atomic mass is 32.1. The van der Waals surface area contributed by atoms with E-state index < -0.39 is 0 Å². The lowest BCUT2D eigenvalue weighted by molar-refractivity contribution is 0.0858. The third-order valence-corrected chi connectivity index (χ3v) is 6.43. The first-order valence-electron chi connectivity index (χ1n) is 9.00. The van der Waals surface area contributed by atoms with Gasteiger partial charge in [-0.2, -0.15) is 0 Å². The molecule has 1 unspecified atom stereocenters. The second-order valence-corrected chi connectivity index (χ2v) is 8.33. The number of carbonyl (C=O) groups excluding carboxylic acids is 2. The van der Waals surface area contributed by atoms with Gasteiger partial charge in [-0.1, -0.05) is 18.2 Å². The molecule has 3 heterocycles. The zero-order chi connectivity index (χ0) is 19.3. The number of benzene rings is 1. The minimum absolute atomic E-state index is 0.0681. The molecule has 0 radical (unpaired) electrons. The van der Waals surface area contributed by atoms with E-state index in [2.05, 4.69) is 15.6 Å². The van der Waals surface area contributed by atoms with Crippen molar-refractivity contribution in [3.63, 3.8) is 0 Å². The molecule has 28 heavy (non-hydrogen) atoms. The van der Waals surface area contributed by atoms with Crippen LogP contribution in [0.4, 0.5) is 5.69 Å². The van der Waals surface area contributed by atoms with Gasteiger partial charge in [-0.3, -0.25) is 9.59 Å². The van der Waals surface area contributed by atoms with Crippen molar-refractivity contribution in [1.82, 2.24) is 10.3 Å². The van der Waals surface area contributed by atoms with Crippen LogP contribution in [-0.2, 0) is 4.74 Å². The van der Waals surface area contributed by atoms with Gasteiger partial charge in [0.1, 0.15) is 9.88 Å². The highest BCUT2D eigenvalue weighted by Gasteiger charge is 2.19. The standard InChI is InChI=1S/C20H19N3O3S2/c24-18(21-11-13-5-3-9-26-13)14-6-1-2-7-15(14)23-19(25)17-12-22-20(28-17)16-8-4-10-27-16/h1-2,4,6-8,10,12-13H,3,5,9,11H2,(H,21,24)(H,23,25). The Morgan fingerprint density at radius 1 is 1.18 bits per heavy atom. The minimum Gasteiger partial charge on any atom is -0.376 e. The lowest BCUT2D eigenvalue weighted by Gasteiger charge is -2.13. The fraction of sp³-hybridized carbons (Fsp3) is 0.250. The summed E-state index contributed by atoms with van der Waals surface area (Å²) in [5.41, 5.74) is 0.903. The van der Waals surface area contributed by atoms with Gasteiger partial charge in [-0.25, -0.2) is 4.98 Å². The van der Waals surface area contributed by atoms with Gasteiger partial charge in [0.15, 0.2) is 0 Å². The third kappa shape index (κ3) is 4.30. The number of nitrogens with zero attached hydrogens (tertiary/aromatic N) is 1. The maximum Gasteiger partial charge on any atom is 0.267 e. The van der Waals surface area contributed by atoms with E-state index in [-0.39, 0.29) is 17.9 Å². The Labute approximate surface area is 170 Å². The summed E-state index contributed by atoms with van der Waals surface area (Å²) in [5.74, 6) is -0.505. The van der Waals surface area contributed by atoms with E-state index in [9.17, 15) is 9.59 Å². The van der Waals surface area contributed by atoms with Crippen molar-refractivity contribution in [2.75, 3.05) is 18.5 Å². The largest absolute Gasteiger partial charge is 0.376 e. The Balaban J connectivity index is 1.44. The van der Waals surface area contributed by atoms with Gasteiger partial charge in [0.2, 0.25) is 0 Å². The maximum atomic E-state index is 12.6. The fourth-order valence-corrected chi connectivity index (χ4v) is 4.59. The number of para-hydroxylation sites is 1. The average Bonchev–Trinajstić information content (AvgIpc) is 3.48. The molecule has 1 atom stereocenters. The molecule has 8 heteroatoms. The predicted octanol–water partition coefficient (Wildman–Crippen LogP) is 4.03. The monoisotopic (exact) mass is 413 g/mol. The molecule has 144 valence electrons. The summed E-state index contributed by atoms with van der Waals surface area (Å²) in [6, 6.07) is 10.9. The summed E-state index contributed by atoms with van der Waals surface area (Å²) in [5, 5.41) is 8.51. The quantitative estimate of drug-likeness (QED) is 0.639. The van der Waals surface area contributed by atoms with Crippen molar-refractivity contribution in [2.45, 2.75) is 18.9 Å². The van der Waals surface area contributed by atoms with Crippen LogP contribution in [0, 0.1) is 0 Å².